The lowest BCUT2D eigenvalue weighted by Crippen LogP contribution is -2.44. The maximum Gasteiger partial charge on any atom is 0.123 e. The molecule has 2 atom stereocenters. The van der Waals surface area contributed by atoms with Crippen LogP contribution in [0.3, 0.4) is 0 Å². The Kier molecular flexibility index (Phi) is 5.37. The fourth-order valence-electron chi connectivity index (χ4n) is 3.60. The predicted molar refractivity (Wildman–Crippen MR) is 101 cm³/mol. The highest BCUT2D eigenvalue weighted by Crippen LogP contribution is 2.40. The minimum Gasteiger partial charge on any atom is -0.507 e. The molecule has 1 aromatic carbocycles. The average Bonchev–Trinajstić information content (AvgIpc) is 2.36. The summed E-state index contributed by atoms with van der Waals surface area (Å²) in [5.41, 5.74) is 3.21. The summed E-state index contributed by atoms with van der Waals surface area (Å²) in [7, 11) is 0. The number of ether oxygens (including phenoxy) is 1. The first kappa shape index (κ1) is 19.3. The van der Waals surface area contributed by atoms with Gasteiger partial charge >= 0.3 is 0 Å². The molecule has 0 radical (unpaired) electrons. The quantitative estimate of drug-likeness (QED) is 0.859. The van der Waals surface area contributed by atoms with Gasteiger partial charge in [-0.3, -0.25) is 4.90 Å². The van der Waals surface area contributed by atoms with Crippen molar-refractivity contribution in [1.29, 1.82) is 0 Å². The van der Waals surface area contributed by atoms with Crippen molar-refractivity contribution in [2.75, 3.05) is 13.1 Å². The van der Waals surface area contributed by atoms with Gasteiger partial charge in [0.05, 0.1) is 12.2 Å². The smallest absolute Gasteiger partial charge is 0.123 e. The molecule has 3 heteroatoms. The van der Waals surface area contributed by atoms with Crippen LogP contribution >= 0.6 is 0 Å². The second kappa shape index (κ2) is 6.68. The first-order valence-electron chi connectivity index (χ1n) is 9.12. The summed E-state index contributed by atoms with van der Waals surface area (Å²) in [6, 6.07) is 4.38. The Morgan fingerprint density at radius 2 is 1.38 bits per heavy atom. The number of hydrogen-bond acceptors (Lipinski definition) is 3. The van der Waals surface area contributed by atoms with Gasteiger partial charge < -0.3 is 9.84 Å². The molecule has 0 bridgehead atoms. The van der Waals surface area contributed by atoms with Gasteiger partial charge in [-0.1, -0.05) is 53.7 Å². The maximum absolute atomic E-state index is 10.8. The monoisotopic (exact) mass is 333 g/mol. The van der Waals surface area contributed by atoms with Crippen molar-refractivity contribution in [1.82, 2.24) is 4.90 Å². The Labute approximate surface area is 148 Å². The highest BCUT2D eigenvalue weighted by atomic mass is 16.5. The van der Waals surface area contributed by atoms with Gasteiger partial charge in [-0.15, -0.1) is 0 Å². The Bertz CT molecular complexity index is 535. The normalized spacial score (nSPS) is 23.5. The molecule has 0 saturated carbocycles. The zero-order chi connectivity index (χ0) is 18.3. The number of benzene rings is 1. The highest BCUT2D eigenvalue weighted by Gasteiger charge is 2.28. The SMILES string of the molecule is CC1CN(Cc2cc(C(C)(C)C)c(O)c(C(C)(C)C)c2)CC(C)O1. The zero-order valence-corrected chi connectivity index (χ0v) is 16.7. The van der Waals surface area contributed by atoms with E-state index in [0.717, 1.165) is 30.8 Å². The number of hydrogen-bond donors (Lipinski definition) is 1. The third-order valence-corrected chi connectivity index (χ3v) is 4.69. The van der Waals surface area contributed by atoms with Crippen molar-refractivity contribution in [3.05, 3.63) is 28.8 Å². The molecule has 1 saturated heterocycles. The van der Waals surface area contributed by atoms with Crippen molar-refractivity contribution < 1.29 is 9.84 Å². The van der Waals surface area contributed by atoms with Crippen LogP contribution in [0.2, 0.25) is 0 Å². The summed E-state index contributed by atoms with van der Waals surface area (Å²) >= 11 is 0. The molecule has 1 heterocycles. The number of aromatic hydroxyl groups is 1. The molecule has 0 aromatic heterocycles. The van der Waals surface area contributed by atoms with E-state index in [4.69, 9.17) is 4.74 Å². The van der Waals surface area contributed by atoms with Crippen LogP contribution in [0.1, 0.15) is 72.1 Å². The molecular formula is C21H35NO2. The summed E-state index contributed by atoms with van der Waals surface area (Å²) in [4.78, 5) is 2.46. The van der Waals surface area contributed by atoms with E-state index in [1.807, 2.05) is 0 Å². The van der Waals surface area contributed by atoms with Crippen molar-refractivity contribution in [3.8, 4) is 5.75 Å². The first-order chi connectivity index (χ1) is 10.9. The molecule has 3 nitrogen and oxygen atoms in total. The lowest BCUT2D eigenvalue weighted by atomic mass is 9.78. The van der Waals surface area contributed by atoms with Crippen LogP contribution in [-0.4, -0.2) is 35.3 Å². The van der Waals surface area contributed by atoms with Crippen molar-refractivity contribution >= 4 is 0 Å². The summed E-state index contributed by atoms with van der Waals surface area (Å²) in [6.07, 6.45) is 0.546. The third-order valence-electron chi connectivity index (χ3n) is 4.69. The van der Waals surface area contributed by atoms with Gasteiger partial charge in [0.15, 0.2) is 0 Å². The largest absolute Gasteiger partial charge is 0.507 e. The molecular weight excluding hydrogens is 298 g/mol. The summed E-state index contributed by atoms with van der Waals surface area (Å²) in [6.45, 7) is 20.1. The van der Waals surface area contributed by atoms with Gasteiger partial charge in [-0.05, 0) is 41.4 Å². The van der Waals surface area contributed by atoms with Gasteiger partial charge in [0.25, 0.3) is 0 Å². The van der Waals surface area contributed by atoms with E-state index in [-0.39, 0.29) is 23.0 Å². The van der Waals surface area contributed by atoms with Gasteiger partial charge in [0.1, 0.15) is 5.75 Å². The zero-order valence-electron chi connectivity index (χ0n) is 16.7. The van der Waals surface area contributed by atoms with Crippen LogP contribution in [0.5, 0.6) is 5.75 Å². The lowest BCUT2D eigenvalue weighted by molar-refractivity contribution is -0.0705. The number of nitrogens with zero attached hydrogens (tertiary/aromatic N) is 1. The van der Waals surface area contributed by atoms with Gasteiger partial charge in [-0.25, -0.2) is 0 Å². The minimum atomic E-state index is -0.0777. The van der Waals surface area contributed by atoms with Crippen LogP contribution in [0.25, 0.3) is 0 Å². The second-order valence-electron chi connectivity index (χ2n) is 9.49. The van der Waals surface area contributed by atoms with Crippen LogP contribution in [0.4, 0.5) is 0 Å². The molecule has 0 spiro atoms. The Morgan fingerprint density at radius 1 is 0.958 bits per heavy atom. The Hall–Kier alpha value is -1.06. The minimum absolute atomic E-state index is 0.0777. The Morgan fingerprint density at radius 3 is 1.75 bits per heavy atom. The van der Waals surface area contributed by atoms with E-state index in [1.54, 1.807) is 0 Å². The van der Waals surface area contributed by atoms with E-state index < -0.39 is 0 Å². The van der Waals surface area contributed by atoms with Crippen molar-refractivity contribution in [2.45, 2.75) is 85.0 Å². The van der Waals surface area contributed by atoms with E-state index in [2.05, 4.69) is 72.4 Å². The predicted octanol–water partition coefficient (Wildman–Crippen LogP) is 4.60. The molecule has 1 N–H and O–H groups in total. The first-order valence-corrected chi connectivity index (χ1v) is 9.12. The Balaban J connectivity index is 2.39. The van der Waals surface area contributed by atoms with Crippen LogP contribution < -0.4 is 0 Å². The van der Waals surface area contributed by atoms with Gasteiger partial charge in [-0.2, -0.15) is 0 Å². The van der Waals surface area contributed by atoms with Gasteiger partial charge in [0, 0.05) is 19.6 Å². The van der Waals surface area contributed by atoms with Gasteiger partial charge in [0.2, 0.25) is 0 Å². The van der Waals surface area contributed by atoms with Crippen molar-refractivity contribution in [3.63, 3.8) is 0 Å². The van der Waals surface area contributed by atoms with Crippen molar-refractivity contribution in [2.24, 2.45) is 0 Å². The summed E-state index contributed by atoms with van der Waals surface area (Å²) in [5.74, 6) is 0.461. The third kappa shape index (κ3) is 4.52. The molecule has 2 rings (SSSR count). The number of morpholine rings is 1. The second-order valence-corrected chi connectivity index (χ2v) is 9.49. The molecule has 2 unspecified atom stereocenters. The van der Waals surface area contributed by atoms with Crippen LogP contribution in [0, 0.1) is 0 Å². The van der Waals surface area contributed by atoms with E-state index >= 15 is 0 Å². The number of phenols is 1. The molecule has 1 aromatic rings. The highest BCUT2D eigenvalue weighted by molar-refractivity contribution is 5.49. The van der Waals surface area contributed by atoms with E-state index in [0.29, 0.717) is 5.75 Å². The maximum atomic E-state index is 10.8. The number of phenolic OH excluding ortho intramolecular Hbond substituents is 1. The van der Waals surface area contributed by atoms with E-state index in [9.17, 15) is 5.11 Å². The fourth-order valence-corrected chi connectivity index (χ4v) is 3.60. The molecule has 0 amide bonds. The molecule has 1 aliphatic rings. The topological polar surface area (TPSA) is 32.7 Å². The molecule has 136 valence electrons. The lowest BCUT2D eigenvalue weighted by Gasteiger charge is -2.36. The summed E-state index contributed by atoms with van der Waals surface area (Å²) < 4.78 is 5.85. The standard InChI is InChI=1S/C21H35NO2/c1-14-11-22(12-15(2)24-14)13-16-9-17(20(3,4)5)19(23)18(10-16)21(6,7)8/h9-10,14-15,23H,11-13H2,1-8H3. The van der Waals surface area contributed by atoms with Crippen LogP contribution in [-0.2, 0) is 22.1 Å². The fraction of sp³-hybridized carbons (Fsp3) is 0.714. The molecule has 0 aliphatic carbocycles. The number of rotatable bonds is 2. The molecule has 24 heavy (non-hydrogen) atoms. The van der Waals surface area contributed by atoms with Crippen LogP contribution in [0.15, 0.2) is 12.1 Å². The average molecular weight is 334 g/mol. The molecule has 1 fully saturated rings. The molecule has 1 aliphatic heterocycles. The summed E-state index contributed by atoms with van der Waals surface area (Å²) in [5, 5.41) is 10.8. The van der Waals surface area contributed by atoms with E-state index in [1.165, 1.54) is 5.56 Å².